The molecule has 0 bridgehead atoms. The number of hydrazine groups is 1. The average molecular weight is 250 g/mol. The van der Waals surface area contributed by atoms with Crippen molar-refractivity contribution in [3.8, 4) is 5.75 Å². The number of amides is 2. The molecule has 0 heterocycles. The summed E-state index contributed by atoms with van der Waals surface area (Å²) in [7, 11) is 1.56. The van der Waals surface area contributed by atoms with Gasteiger partial charge in [-0.25, -0.2) is 0 Å². The summed E-state index contributed by atoms with van der Waals surface area (Å²) >= 11 is 0. The Morgan fingerprint density at radius 2 is 1.83 bits per heavy atom. The largest absolute Gasteiger partial charge is 0.497 e. The van der Waals surface area contributed by atoms with Crippen LogP contribution in [0.3, 0.4) is 0 Å². The Morgan fingerprint density at radius 1 is 1.17 bits per heavy atom. The van der Waals surface area contributed by atoms with Crippen LogP contribution < -0.4 is 15.6 Å². The fourth-order valence-electron chi connectivity index (χ4n) is 1.34. The van der Waals surface area contributed by atoms with E-state index >= 15 is 0 Å². The van der Waals surface area contributed by atoms with Crippen LogP contribution in [0.1, 0.15) is 36.5 Å². The van der Waals surface area contributed by atoms with Crippen molar-refractivity contribution in [2.24, 2.45) is 0 Å². The van der Waals surface area contributed by atoms with Crippen molar-refractivity contribution < 1.29 is 14.3 Å². The molecule has 18 heavy (non-hydrogen) atoms. The summed E-state index contributed by atoms with van der Waals surface area (Å²) < 4.78 is 4.99. The Labute approximate surface area is 106 Å². The molecule has 0 aliphatic rings. The number of carbonyl (C=O) groups is 2. The first-order valence-corrected chi connectivity index (χ1v) is 5.90. The molecule has 0 aromatic heterocycles. The predicted octanol–water partition coefficient (Wildman–Crippen LogP) is 1.65. The summed E-state index contributed by atoms with van der Waals surface area (Å²) in [5.41, 5.74) is 5.20. The zero-order chi connectivity index (χ0) is 13.4. The van der Waals surface area contributed by atoms with Crippen molar-refractivity contribution in [3.63, 3.8) is 0 Å². The molecule has 5 nitrogen and oxygen atoms in total. The van der Waals surface area contributed by atoms with E-state index in [2.05, 4.69) is 10.9 Å². The molecule has 0 spiro atoms. The highest BCUT2D eigenvalue weighted by atomic mass is 16.5. The molecule has 2 N–H and O–H groups in total. The summed E-state index contributed by atoms with van der Waals surface area (Å²) in [5, 5.41) is 0. The number of hydrogen-bond acceptors (Lipinski definition) is 3. The van der Waals surface area contributed by atoms with Crippen molar-refractivity contribution in [3.05, 3.63) is 29.8 Å². The van der Waals surface area contributed by atoms with Gasteiger partial charge < -0.3 is 4.74 Å². The molecule has 0 radical (unpaired) electrons. The molecule has 1 aromatic carbocycles. The van der Waals surface area contributed by atoms with Crippen LogP contribution in [0.15, 0.2) is 24.3 Å². The maximum absolute atomic E-state index is 11.7. The zero-order valence-electron chi connectivity index (χ0n) is 10.7. The first kappa shape index (κ1) is 14.0. The van der Waals surface area contributed by atoms with Crippen LogP contribution in [0.4, 0.5) is 0 Å². The van der Waals surface area contributed by atoms with Gasteiger partial charge in [0.25, 0.3) is 5.91 Å². The Balaban J connectivity index is 2.42. The van der Waals surface area contributed by atoms with Crippen molar-refractivity contribution in [2.45, 2.75) is 26.2 Å². The minimum atomic E-state index is -0.345. The monoisotopic (exact) mass is 250 g/mol. The highest BCUT2D eigenvalue weighted by Crippen LogP contribution is 2.10. The summed E-state index contributed by atoms with van der Waals surface area (Å²) in [6.45, 7) is 2.00. The van der Waals surface area contributed by atoms with Crippen LogP contribution in [-0.2, 0) is 4.79 Å². The van der Waals surface area contributed by atoms with E-state index in [0.717, 1.165) is 12.8 Å². The Bertz CT molecular complexity index is 401. The third-order valence-electron chi connectivity index (χ3n) is 2.43. The molecule has 98 valence electrons. The van der Waals surface area contributed by atoms with E-state index in [4.69, 9.17) is 4.74 Å². The van der Waals surface area contributed by atoms with E-state index in [1.54, 1.807) is 31.4 Å². The molecule has 1 aromatic rings. The topological polar surface area (TPSA) is 67.4 Å². The zero-order valence-corrected chi connectivity index (χ0v) is 10.7. The number of methoxy groups -OCH3 is 1. The van der Waals surface area contributed by atoms with Crippen LogP contribution >= 0.6 is 0 Å². The first-order chi connectivity index (χ1) is 8.67. The maximum Gasteiger partial charge on any atom is 0.269 e. The molecule has 0 aliphatic carbocycles. The molecule has 2 amide bonds. The molecule has 0 fully saturated rings. The highest BCUT2D eigenvalue weighted by molar-refractivity contribution is 5.95. The van der Waals surface area contributed by atoms with Gasteiger partial charge in [-0.1, -0.05) is 13.3 Å². The van der Waals surface area contributed by atoms with E-state index in [-0.39, 0.29) is 11.8 Å². The van der Waals surface area contributed by atoms with Crippen molar-refractivity contribution in [2.75, 3.05) is 7.11 Å². The van der Waals surface area contributed by atoms with E-state index in [9.17, 15) is 9.59 Å². The molecular formula is C13H18N2O3. The lowest BCUT2D eigenvalue weighted by molar-refractivity contribution is -0.121. The molecule has 0 saturated carbocycles. The normalized spacial score (nSPS) is 9.67. The quantitative estimate of drug-likeness (QED) is 0.781. The number of nitrogens with one attached hydrogen (secondary N) is 2. The Kier molecular flexibility index (Phi) is 5.70. The van der Waals surface area contributed by atoms with Gasteiger partial charge in [0.1, 0.15) is 5.75 Å². The van der Waals surface area contributed by atoms with Crippen LogP contribution in [0, 0.1) is 0 Å². The Morgan fingerprint density at radius 3 is 2.39 bits per heavy atom. The number of hydrogen-bond donors (Lipinski definition) is 2. The third kappa shape index (κ3) is 4.45. The van der Waals surface area contributed by atoms with E-state index in [0.29, 0.717) is 17.7 Å². The van der Waals surface area contributed by atoms with Gasteiger partial charge in [0.2, 0.25) is 5.91 Å². The minimum Gasteiger partial charge on any atom is -0.497 e. The Hall–Kier alpha value is -2.04. The molecule has 0 saturated heterocycles. The lowest BCUT2D eigenvalue weighted by atomic mass is 10.2. The van der Waals surface area contributed by atoms with E-state index in [1.165, 1.54) is 0 Å². The van der Waals surface area contributed by atoms with Crippen molar-refractivity contribution in [1.82, 2.24) is 10.9 Å². The number of benzene rings is 1. The predicted molar refractivity (Wildman–Crippen MR) is 68.1 cm³/mol. The molecule has 0 atom stereocenters. The molecule has 1 rings (SSSR count). The van der Waals surface area contributed by atoms with Crippen LogP contribution in [-0.4, -0.2) is 18.9 Å². The van der Waals surface area contributed by atoms with Gasteiger partial charge in [0.05, 0.1) is 7.11 Å². The second kappa shape index (κ2) is 7.32. The smallest absolute Gasteiger partial charge is 0.269 e. The van der Waals surface area contributed by atoms with Gasteiger partial charge in [0.15, 0.2) is 0 Å². The fraction of sp³-hybridized carbons (Fsp3) is 0.385. The van der Waals surface area contributed by atoms with E-state index in [1.807, 2.05) is 6.92 Å². The number of rotatable bonds is 5. The first-order valence-electron chi connectivity index (χ1n) is 5.90. The van der Waals surface area contributed by atoms with Gasteiger partial charge in [-0.3, -0.25) is 20.4 Å². The highest BCUT2D eigenvalue weighted by Gasteiger charge is 2.06. The van der Waals surface area contributed by atoms with Crippen molar-refractivity contribution in [1.29, 1.82) is 0 Å². The van der Waals surface area contributed by atoms with Gasteiger partial charge >= 0.3 is 0 Å². The van der Waals surface area contributed by atoms with Gasteiger partial charge in [-0.2, -0.15) is 0 Å². The molecule has 0 unspecified atom stereocenters. The second-order valence-electron chi connectivity index (χ2n) is 3.83. The lowest BCUT2D eigenvalue weighted by Gasteiger charge is -2.07. The van der Waals surface area contributed by atoms with Crippen LogP contribution in [0.5, 0.6) is 5.75 Å². The maximum atomic E-state index is 11.7. The summed E-state index contributed by atoms with van der Waals surface area (Å²) in [4.78, 5) is 22.9. The minimum absolute atomic E-state index is 0.182. The third-order valence-corrected chi connectivity index (χ3v) is 2.43. The number of ether oxygens (including phenoxy) is 1. The van der Waals surface area contributed by atoms with Gasteiger partial charge in [0, 0.05) is 12.0 Å². The summed E-state index contributed by atoms with van der Waals surface area (Å²) in [6, 6.07) is 6.64. The standard InChI is InChI=1S/C13H18N2O3/c1-3-4-5-12(16)14-15-13(17)10-6-8-11(18-2)9-7-10/h6-9H,3-5H2,1-2H3,(H,14,16)(H,15,17). The summed E-state index contributed by atoms with van der Waals surface area (Å²) in [6.07, 6.45) is 2.17. The fourth-order valence-corrected chi connectivity index (χ4v) is 1.34. The number of carbonyl (C=O) groups excluding carboxylic acids is 2. The van der Waals surface area contributed by atoms with Gasteiger partial charge in [-0.15, -0.1) is 0 Å². The molecule has 5 heteroatoms. The van der Waals surface area contributed by atoms with Crippen LogP contribution in [0.25, 0.3) is 0 Å². The molecule has 0 aliphatic heterocycles. The molecular weight excluding hydrogens is 232 g/mol. The lowest BCUT2D eigenvalue weighted by Crippen LogP contribution is -2.41. The SMILES string of the molecule is CCCCC(=O)NNC(=O)c1ccc(OC)cc1. The second-order valence-corrected chi connectivity index (χ2v) is 3.83. The van der Waals surface area contributed by atoms with Gasteiger partial charge in [-0.05, 0) is 30.7 Å². The summed E-state index contributed by atoms with van der Waals surface area (Å²) in [5.74, 6) is 0.153. The number of unbranched alkanes of at least 4 members (excludes halogenated alkanes) is 1. The van der Waals surface area contributed by atoms with Crippen molar-refractivity contribution >= 4 is 11.8 Å². The average Bonchev–Trinajstić information content (AvgIpc) is 2.42. The van der Waals surface area contributed by atoms with Crippen LogP contribution in [0.2, 0.25) is 0 Å². The van der Waals surface area contributed by atoms with E-state index < -0.39 is 0 Å².